The summed E-state index contributed by atoms with van der Waals surface area (Å²) in [6.07, 6.45) is 0. The highest BCUT2D eigenvalue weighted by Crippen LogP contribution is 2.32. The van der Waals surface area contributed by atoms with Gasteiger partial charge >= 0.3 is 0 Å². The van der Waals surface area contributed by atoms with E-state index in [1.165, 1.54) is 25.3 Å². The van der Waals surface area contributed by atoms with Crippen LogP contribution in [0.4, 0.5) is 10.1 Å². The highest BCUT2D eigenvalue weighted by Gasteiger charge is 2.14. The number of oxazole rings is 1. The van der Waals surface area contributed by atoms with Crippen LogP contribution in [0.1, 0.15) is 10.4 Å². The van der Waals surface area contributed by atoms with Crippen molar-refractivity contribution in [1.82, 2.24) is 10.3 Å². The molecule has 0 aliphatic carbocycles. The SMILES string of the molecule is COc1ccc(-c2nc3cc(NC(=S)NC(=O)c4ccccc4F)ccc3o2)cc1Cl. The maximum Gasteiger partial charge on any atom is 0.260 e. The first-order valence-electron chi connectivity index (χ1n) is 9.06. The van der Waals surface area contributed by atoms with E-state index in [1.54, 1.807) is 42.5 Å². The van der Waals surface area contributed by atoms with Gasteiger partial charge in [0, 0.05) is 11.3 Å². The molecular formula is C22H15ClFN3O3S. The Morgan fingerprint density at radius 1 is 1.16 bits per heavy atom. The number of hydrogen-bond donors (Lipinski definition) is 2. The molecule has 6 nitrogen and oxygen atoms in total. The fourth-order valence-electron chi connectivity index (χ4n) is 2.91. The molecule has 1 heterocycles. The first-order chi connectivity index (χ1) is 14.9. The number of nitrogens with one attached hydrogen (secondary N) is 2. The van der Waals surface area contributed by atoms with Crippen LogP contribution in [0.3, 0.4) is 0 Å². The van der Waals surface area contributed by atoms with Crippen molar-refractivity contribution in [3.63, 3.8) is 0 Å². The Bertz CT molecular complexity index is 1310. The fourth-order valence-corrected chi connectivity index (χ4v) is 3.37. The number of methoxy groups -OCH3 is 1. The summed E-state index contributed by atoms with van der Waals surface area (Å²) in [7, 11) is 1.54. The van der Waals surface area contributed by atoms with E-state index in [9.17, 15) is 9.18 Å². The number of halogens is 2. The molecule has 0 saturated carbocycles. The Labute approximate surface area is 187 Å². The van der Waals surface area contributed by atoms with Crippen molar-refractivity contribution >= 4 is 51.6 Å². The number of anilines is 1. The molecule has 9 heteroatoms. The van der Waals surface area contributed by atoms with Crippen LogP contribution in [-0.2, 0) is 0 Å². The molecule has 0 atom stereocenters. The summed E-state index contributed by atoms with van der Waals surface area (Å²) in [5.74, 6) is -0.319. The number of carbonyl (C=O) groups excluding carboxylic acids is 1. The summed E-state index contributed by atoms with van der Waals surface area (Å²) in [4.78, 5) is 16.7. The van der Waals surface area contributed by atoms with E-state index in [0.717, 1.165) is 0 Å². The van der Waals surface area contributed by atoms with Crippen LogP contribution in [0.5, 0.6) is 5.75 Å². The molecule has 156 valence electrons. The van der Waals surface area contributed by atoms with Crippen molar-refractivity contribution < 1.29 is 18.3 Å². The Morgan fingerprint density at radius 2 is 1.97 bits per heavy atom. The zero-order valence-corrected chi connectivity index (χ0v) is 17.7. The molecule has 0 aliphatic heterocycles. The smallest absolute Gasteiger partial charge is 0.260 e. The summed E-state index contributed by atoms with van der Waals surface area (Å²) >= 11 is 11.3. The number of rotatable bonds is 4. The average molecular weight is 456 g/mol. The molecule has 0 bridgehead atoms. The quantitative estimate of drug-likeness (QED) is 0.400. The second-order valence-corrected chi connectivity index (χ2v) is 7.25. The van der Waals surface area contributed by atoms with Crippen molar-refractivity contribution in [3.05, 3.63) is 77.1 Å². The van der Waals surface area contributed by atoms with Crippen LogP contribution >= 0.6 is 23.8 Å². The fraction of sp³-hybridized carbons (Fsp3) is 0.0455. The van der Waals surface area contributed by atoms with Crippen LogP contribution in [0.15, 0.2) is 65.1 Å². The van der Waals surface area contributed by atoms with Crippen molar-refractivity contribution in [2.75, 3.05) is 12.4 Å². The lowest BCUT2D eigenvalue weighted by Crippen LogP contribution is -2.34. The molecule has 0 unspecified atom stereocenters. The minimum absolute atomic E-state index is 0.0262. The Kier molecular flexibility index (Phi) is 5.83. The maximum atomic E-state index is 13.7. The second kappa shape index (κ2) is 8.71. The number of ether oxygens (including phenoxy) is 1. The second-order valence-electron chi connectivity index (χ2n) is 6.44. The number of carbonyl (C=O) groups is 1. The van der Waals surface area contributed by atoms with Gasteiger partial charge in [0.1, 0.15) is 17.1 Å². The van der Waals surface area contributed by atoms with Gasteiger partial charge in [-0.15, -0.1) is 0 Å². The van der Waals surface area contributed by atoms with Gasteiger partial charge < -0.3 is 14.5 Å². The molecule has 0 aliphatic rings. The Hall–Kier alpha value is -3.49. The Balaban J connectivity index is 1.50. The minimum atomic E-state index is -0.642. The van der Waals surface area contributed by atoms with Gasteiger partial charge in [-0.2, -0.15) is 0 Å². The van der Waals surface area contributed by atoms with Crippen molar-refractivity contribution in [2.45, 2.75) is 0 Å². The highest BCUT2D eigenvalue weighted by molar-refractivity contribution is 7.80. The molecule has 31 heavy (non-hydrogen) atoms. The third-order valence-corrected chi connectivity index (χ3v) is 4.89. The van der Waals surface area contributed by atoms with Crippen LogP contribution in [-0.4, -0.2) is 23.1 Å². The molecule has 0 radical (unpaired) electrons. The lowest BCUT2D eigenvalue weighted by molar-refractivity contribution is 0.0974. The van der Waals surface area contributed by atoms with E-state index in [-0.39, 0.29) is 10.7 Å². The third-order valence-electron chi connectivity index (χ3n) is 4.39. The normalized spacial score (nSPS) is 10.7. The van der Waals surface area contributed by atoms with E-state index in [2.05, 4.69) is 15.6 Å². The van der Waals surface area contributed by atoms with Gasteiger partial charge in [-0.3, -0.25) is 10.1 Å². The van der Waals surface area contributed by atoms with E-state index in [1.807, 2.05) is 0 Å². The topological polar surface area (TPSA) is 76.4 Å². The number of amides is 1. The first kappa shape index (κ1) is 20.8. The summed E-state index contributed by atoms with van der Waals surface area (Å²) in [6.45, 7) is 0. The van der Waals surface area contributed by atoms with E-state index < -0.39 is 11.7 Å². The first-order valence-corrected chi connectivity index (χ1v) is 9.84. The molecule has 0 fully saturated rings. The van der Waals surface area contributed by atoms with Gasteiger partial charge in [0.05, 0.1) is 17.7 Å². The third kappa shape index (κ3) is 4.50. The van der Waals surface area contributed by atoms with Crippen LogP contribution in [0, 0.1) is 5.82 Å². The van der Waals surface area contributed by atoms with Crippen LogP contribution in [0.25, 0.3) is 22.6 Å². The zero-order chi connectivity index (χ0) is 22.0. The summed E-state index contributed by atoms with van der Waals surface area (Å²) in [5.41, 5.74) is 2.33. The summed E-state index contributed by atoms with van der Waals surface area (Å²) in [5, 5.41) is 5.81. The largest absolute Gasteiger partial charge is 0.495 e. The van der Waals surface area contributed by atoms with Gasteiger partial charge in [-0.05, 0) is 60.7 Å². The van der Waals surface area contributed by atoms with Gasteiger partial charge in [0.2, 0.25) is 5.89 Å². The predicted octanol–water partition coefficient (Wildman–Crippen LogP) is 5.42. The highest BCUT2D eigenvalue weighted by atomic mass is 35.5. The molecule has 2 N–H and O–H groups in total. The molecule has 4 rings (SSSR count). The molecular weight excluding hydrogens is 441 g/mol. The van der Waals surface area contributed by atoms with Gasteiger partial charge in [0.15, 0.2) is 10.7 Å². The van der Waals surface area contributed by atoms with Crippen molar-refractivity contribution in [2.24, 2.45) is 0 Å². The lowest BCUT2D eigenvalue weighted by Gasteiger charge is -2.09. The van der Waals surface area contributed by atoms with Gasteiger partial charge in [-0.1, -0.05) is 23.7 Å². The zero-order valence-electron chi connectivity index (χ0n) is 16.1. The van der Waals surface area contributed by atoms with Gasteiger partial charge in [0.25, 0.3) is 5.91 Å². The number of fused-ring (bicyclic) bond motifs is 1. The van der Waals surface area contributed by atoms with E-state index in [4.69, 9.17) is 33.0 Å². The molecule has 3 aromatic carbocycles. The van der Waals surface area contributed by atoms with Crippen LogP contribution < -0.4 is 15.4 Å². The van der Waals surface area contributed by atoms with Crippen molar-refractivity contribution in [3.8, 4) is 17.2 Å². The number of benzene rings is 3. The lowest BCUT2D eigenvalue weighted by atomic mass is 10.2. The monoisotopic (exact) mass is 455 g/mol. The maximum absolute atomic E-state index is 13.7. The van der Waals surface area contributed by atoms with Crippen LogP contribution in [0.2, 0.25) is 5.02 Å². The summed E-state index contributed by atoms with van der Waals surface area (Å²) in [6, 6.07) is 16.1. The average Bonchev–Trinajstić information content (AvgIpc) is 3.17. The predicted molar refractivity (Wildman–Crippen MR) is 121 cm³/mol. The summed E-state index contributed by atoms with van der Waals surface area (Å²) < 4.78 is 24.7. The Morgan fingerprint density at radius 3 is 2.71 bits per heavy atom. The number of hydrogen-bond acceptors (Lipinski definition) is 5. The molecule has 1 aromatic heterocycles. The number of aromatic nitrogens is 1. The molecule has 0 saturated heterocycles. The molecule has 4 aromatic rings. The molecule has 1 amide bonds. The van der Waals surface area contributed by atoms with Gasteiger partial charge in [-0.25, -0.2) is 9.37 Å². The standard InChI is InChI=1S/C22H15ClFN3O3S/c1-29-18-8-6-12(10-15(18)23)21-26-17-11-13(7-9-19(17)30-21)25-22(31)27-20(28)14-4-2-3-5-16(14)24/h2-11H,1H3,(H2,25,27,28,31). The molecule has 0 spiro atoms. The number of thiocarbonyl (C=S) groups is 1. The number of nitrogens with zero attached hydrogens (tertiary/aromatic N) is 1. The minimum Gasteiger partial charge on any atom is -0.495 e. The van der Waals surface area contributed by atoms with E-state index >= 15 is 0 Å². The van der Waals surface area contributed by atoms with E-state index in [0.29, 0.717) is 39.0 Å². The van der Waals surface area contributed by atoms with Crippen molar-refractivity contribution in [1.29, 1.82) is 0 Å².